The summed E-state index contributed by atoms with van der Waals surface area (Å²) in [4.78, 5) is 12.5. The summed E-state index contributed by atoms with van der Waals surface area (Å²) in [6.45, 7) is 4.37. The second kappa shape index (κ2) is 9.92. The molecule has 0 spiro atoms. The van der Waals surface area contributed by atoms with Crippen molar-refractivity contribution in [3.05, 3.63) is 99.3 Å². The standard InChI is InChI=1S/C25H20ClFN2O2/c1-16-9-17(2)11-18(10-16)15-31-24-8-3-21(26)13-19(24)12-20(14-28)25(30)29-23-6-4-22(27)5-7-23/h3-13H,15H2,1-2H3,(H,29,30)/b20-12+. The number of carbonyl (C=O) groups is 1. The van der Waals surface area contributed by atoms with Gasteiger partial charge in [0.2, 0.25) is 0 Å². The maximum atomic E-state index is 13.1. The predicted octanol–water partition coefficient (Wildman–Crippen LogP) is 6.22. The minimum absolute atomic E-state index is 0.136. The zero-order valence-electron chi connectivity index (χ0n) is 17.1. The van der Waals surface area contributed by atoms with Crippen LogP contribution in [0.4, 0.5) is 10.1 Å². The summed E-state index contributed by atoms with van der Waals surface area (Å²) in [6.07, 6.45) is 1.42. The van der Waals surface area contributed by atoms with E-state index < -0.39 is 11.7 Å². The van der Waals surface area contributed by atoms with Crippen molar-refractivity contribution in [2.24, 2.45) is 0 Å². The Kier molecular flexibility index (Phi) is 7.07. The molecule has 0 aliphatic rings. The van der Waals surface area contributed by atoms with E-state index in [9.17, 15) is 14.4 Å². The van der Waals surface area contributed by atoms with Crippen LogP contribution in [0.3, 0.4) is 0 Å². The molecular weight excluding hydrogens is 415 g/mol. The first kappa shape index (κ1) is 22.1. The minimum atomic E-state index is -0.616. The van der Waals surface area contributed by atoms with E-state index in [0.717, 1.165) is 16.7 Å². The van der Waals surface area contributed by atoms with E-state index in [-0.39, 0.29) is 5.57 Å². The Hall–Kier alpha value is -3.62. The van der Waals surface area contributed by atoms with Crippen LogP contribution in [0.25, 0.3) is 6.08 Å². The number of nitrogens with one attached hydrogen (secondary N) is 1. The molecular formula is C25H20ClFN2O2. The van der Waals surface area contributed by atoms with Crippen LogP contribution in [0.15, 0.2) is 66.2 Å². The van der Waals surface area contributed by atoms with Gasteiger partial charge in [-0.2, -0.15) is 5.26 Å². The molecule has 3 rings (SSSR count). The van der Waals surface area contributed by atoms with Gasteiger partial charge in [-0.25, -0.2) is 4.39 Å². The van der Waals surface area contributed by atoms with Gasteiger partial charge in [-0.05, 0) is 68.0 Å². The van der Waals surface area contributed by atoms with E-state index in [1.165, 1.54) is 30.3 Å². The molecule has 31 heavy (non-hydrogen) atoms. The molecule has 0 aliphatic carbocycles. The highest BCUT2D eigenvalue weighted by molar-refractivity contribution is 6.30. The molecule has 1 N–H and O–H groups in total. The number of anilines is 1. The Labute approximate surface area is 185 Å². The zero-order valence-corrected chi connectivity index (χ0v) is 17.8. The number of nitriles is 1. The molecule has 0 atom stereocenters. The number of halogens is 2. The van der Waals surface area contributed by atoms with E-state index in [4.69, 9.17) is 16.3 Å². The van der Waals surface area contributed by atoms with Crippen LogP contribution < -0.4 is 10.1 Å². The lowest BCUT2D eigenvalue weighted by Crippen LogP contribution is -2.13. The normalized spacial score (nSPS) is 11.0. The molecule has 0 aromatic heterocycles. The summed E-state index contributed by atoms with van der Waals surface area (Å²) < 4.78 is 19.0. The zero-order chi connectivity index (χ0) is 22.4. The quantitative estimate of drug-likeness (QED) is 0.370. The lowest BCUT2D eigenvalue weighted by molar-refractivity contribution is -0.112. The average molecular weight is 435 g/mol. The van der Waals surface area contributed by atoms with Gasteiger partial charge in [0, 0.05) is 16.3 Å². The van der Waals surface area contributed by atoms with Gasteiger partial charge in [0.15, 0.2) is 0 Å². The molecule has 156 valence electrons. The topological polar surface area (TPSA) is 62.1 Å². The summed E-state index contributed by atoms with van der Waals surface area (Å²) in [5, 5.41) is 12.5. The van der Waals surface area contributed by atoms with Crippen molar-refractivity contribution in [2.75, 3.05) is 5.32 Å². The number of rotatable bonds is 6. The first-order chi connectivity index (χ1) is 14.8. The van der Waals surface area contributed by atoms with Crippen LogP contribution in [0.2, 0.25) is 5.02 Å². The SMILES string of the molecule is Cc1cc(C)cc(COc2ccc(Cl)cc2/C=C(\C#N)C(=O)Nc2ccc(F)cc2)c1. The Balaban J connectivity index is 1.83. The third-order valence-electron chi connectivity index (χ3n) is 4.41. The van der Waals surface area contributed by atoms with Crippen LogP contribution in [-0.2, 0) is 11.4 Å². The van der Waals surface area contributed by atoms with Gasteiger partial charge in [0.05, 0.1) is 0 Å². The van der Waals surface area contributed by atoms with Gasteiger partial charge in [-0.3, -0.25) is 4.79 Å². The molecule has 3 aromatic rings. The maximum Gasteiger partial charge on any atom is 0.266 e. The van der Waals surface area contributed by atoms with Crippen molar-refractivity contribution in [3.63, 3.8) is 0 Å². The van der Waals surface area contributed by atoms with Gasteiger partial charge in [0.1, 0.15) is 29.8 Å². The highest BCUT2D eigenvalue weighted by Gasteiger charge is 2.12. The molecule has 0 aliphatic heterocycles. The van der Waals surface area contributed by atoms with Crippen LogP contribution in [0, 0.1) is 31.0 Å². The summed E-state index contributed by atoms with van der Waals surface area (Å²) in [5.74, 6) is -0.543. The Morgan fingerprint density at radius 2 is 1.77 bits per heavy atom. The minimum Gasteiger partial charge on any atom is -0.488 e. The van der Waals surface area contributed by atoms with Crippen molar-refractivity contribution >= 4 is 29.3 Å². The lowest BCUT2D eigenvalue weighted by Gasteiger charge is -2.12. The third kappa shape index (κ3) is 6.18. The van der Waals surface area contributed by atoms with Crippen LogP contribution >= 0.6 is 11.6 Å². The van der Waals surface area contributed by atoms with Crippen molar-refractivity contribution in [3.8, 4) is 11.8 Å². The molecule has 0 fully saturated rings. The summed E-state index contributed by atoms with van der Waals surface area (Å²) in [6, 6.07) is 18.3. The van der Waals surface area contributed by atoms with E-state index in [2.05, 4.69) is 11.4 Å². The Morgan fingerprint density at radius 3 is 2.42 bits per heavy atom. The van der Waals surface area contributed by atoms with Crippen LogP contribution in [0.1, 0.15) is 22.3 Å². The number of benzene rings is 3. The molecule has 4 nitrogen and oxygen atoms in total. The van der Waals surface area contributed by atoms with E-state index in [1.54, 1.807) is 18.2 Å². The predicted molar refractivity (Wildman–Crippen MR) is 120 cm³/mol. The van der Waals surface area contributed by atoms with Crippen LogP contribution in [-0.4, -0.2) is 5.91 Å². The number of carbonyl (C=O) groups excluding carboxylic acids is 1. The number of ether oxygens (including phenoxy) is 1. The van der Waals surface area contributed by atoms with E-state index in [0.29, 0.717) is 28.6 Å². The van der Waals surface area contributed by atoms with E-state index in [1.807, 2.05) is 32.0 Å². The fourth-order valence-electron chi connectivity index (χ4n) is 3.11. The van der Waals surface area contributed by atoms with Gasteiger partial charge in [0.25, 0.3) is 5.91 Å². The van der Waals surface area contributed by atoms with Crippen molar-refractivity contribution in [1.82, 2.24) is 0 Å². The van der Waals surface area contributed by atoms with Gasteiger partial charge in [-0.1, -0.05) is 40.9 Å². The molecule has 1 amide bonds. The molecule has 3 aromatic carbocycles. The largest absolute Gasteiger partial charge is 0.488 e. The number of hydrogen-bond donors (Lipinski definition) is 1. The second-order valence-electron chi connectivity index (χ2n) is 7.10. The fraction of sp³-hybridized carbons (Fsp3) is 0.120. The number of nitrogens with zero attached hydrogens (tertiary/aromatic N) is 1. The smallest absolute Gasteiger partial charge is 0.266 e. The average Bonchev–Trinajstić information content (AvgIpc) is 2.72. The summed E-state index contributed by atoms with van der Waals surface area (Å²) in [7, 11) is 0. The Bertz CT molecular complexity index is 1160. The molecule has 6 heteroatoms. The van der Waals surface area contributed by atoms with E-state index >= 15 is 0 Å². The molecule has 0 radical (unpaired) electrons. The number of amides is 1. The molecule has 0 unspecified atom stereocenters. The maximum absolute atomic E-state index is 13.1. The monoisotopic (exact) mass is 434 g/mol. The molecule has 0 saturated heterocycles. The van der Waals surface area contributed by atoms with Gasteiger partial charge in [-0.15, -0.1) is 0 Å². The Morgan fingerprint density at radius 1 is 1.10 bits per heavy atom. The molecule has 0 bridgehead atoms. The first-order valence-electron chi connectivity index (χ1n) is 9.52. The van der Waals surface area contributed by atoms with Crippen molar-refractivity contribution in [2.45, 2.75) is 20.5 Å². The van der Waals surface area contributed by atoms with Crippen molar-refractivity contribution in [1.29, 1.82) is 5.26 Å². The van der Waals surface area contributed by atoms with Crippen LogP contribution in [0.5, 0.6) is 5.75 Å². The highest BCUT2D eigenvalue weighted by atomic mass is 35.5. The fourth-order valence-corrected chi connectivity index (χ4v) is 3.29. The second-order valence-corrected chi connectivity index (χ2v) is 7.53. The third-order valence-corrected chi connectivity index (χ3v) is 4.65. The first-order valence-corrected chi connectivity index (χ1v) is 9.90. The molecule has 0 heterocycles. The van der Waals surface area contributed by atoms with Gasteiger partial charge < -0.3 is 10.1 Å². The van der Waals surface area contributed by atoms with Gasteiger partial charge >= 0.3 is 0 Å². The highest BCUT2D eigenvalue weighted by Crippen LogP contribution is 2.27. The lowest BCUT2D eigenvalue weighted by atomic mass is 10.1. The summed E-state index contributed by atoms with van der Waals surface area (Å²) >= 11 is 6.12. The van der Waals surface area contributed by atoms with Crippen molar-refractivity contribution < 1.29 is 13.9 Å². The summed E-state index contributed by atoms with van der Waals surface area (Å²) in [5.41, 5.74) is 4.03. The molecule has 0 saturated carbocycles. The number of aryl methyl sites for hydroxylation is 2. The number of hydrogen-bond acceptors (Lipinski definition) is 3.